The molecule has 4 heterocycles. The Hall–Kier alpha value is -6.86. The Labute approximate surface area is 345 Å². The van der Waals surface area contributed by atoms with Crippen LogP contribution in [0.2, 0.25) is 0 Å². The van der Waals surface area contributed by atoms with Gasteiger partial charge in [0, 0.05) is 68.0 Å². The highest BCUT2D eigenvalue weighted by atomic mass is 16.3. The van der Waals surface area contributed by atoms with E-state index in [1.807, 2.05) is 96.8 Å². The summed E-state index contributed by atoms with van der Waals surface area (Å²) in [7, 11) is 3.71. The van der Waals surface area contributed by atoms with Crippen LogP contribution in [0.25, 0.3) is 11.3 Å². The molecular formula is C49H48N6O4. The molecule has 0 bridgehead atoms. The molecule has 10 nitrogen and oxygen atoms in total. The van der Waals surface area contributed by atoms with Crippen LogP contribution in [0.3, 0.4) is 0 Å². The number of hydrogen-bond acceptors (Lipinski definition) is 5. The number of aryl methyl sites for hydroxylation is 1. The molecule has 0 saturated carbocycles. The molecule has 0 fully saturated rings. The van der Waals surface area contributed by atoms with Gasteiger partial charge in [-0.3, -0.25) is 19.3 Å². The number of anilines is 2. The van der Waals surface area contributed by atoms with Crippen LogP contribution in [0, 0.1) is 32.1 Å². The molecule has 59 heavy (non-hydrogen) atoms. The van der Waals surface area contributed by atoms with Gasteiger partial charge in [-0.05, 0) is 116 Å². The average molecular weight is 785 g/mol. The molecule has 4 aromatic carbocycles. The Morgan fingerprint density at radius 2 is 1.51 bits per heavy atom. The summed E-state index contributed by atoms with van der Waals surface area (Å²) in [6.45, 7) is 9.13. The summed E-state index contributed by atoms with van der Waals surface area (Å²) in [6, 6.07) is 32.7. The molecule has 1 atom stereocenters. The van der Waals surface area contributed by atoms with Crippen molar-refractivity contribution >= 4 is 29.1 Å². The van der Waals surface area contributed by atoms with Gasteiger partial charge in [0.05, 0.1) is 23.4 Å². The summed E-state index contributed by atoms with van der Waals surface area (Å²) in [6.07, 6.45) is 1.68. The number of carbonyl (C=O) groups excluding carboxylic acids is 3. The van der Waals surface area contributed by atoms with Crippen LogP contribution in [-0.4, -0.2) is 54.3 Å². The number of nitrogens with zero attached hydrogens (tertiary/aromatic N) is 6. The molecule has 298 valence electrons. The number of carbonyl (C=O) groups is 3. The Morgan fingerprint density at radius 1 is 0.780 bits per heavy atom. The third-order valence-electron chi connectivity index (χ3n) is 12.4. The van der Waals surface area contributed by atoms with Crippen LogP contribution in [0.1, 0.15) is 78.1 Å². The Bertz CT molecular complexity index is 2700. The first-order valence-corrected chi connectivity index (χ1v) is 20.1. The maximum atomic E-state index is 15.1. The van der Waals surface area contributed by atoms with Crippen molar-refractivity contribution in [2.45, 2.75) is 66.1 Å². The van der Waals surface area contributed by atoms with E-state index < -0.39 is 0 Å². The highest BCUT2D eigenvalue weighted by Crippen LogP contribution is 2.39. The van der Waals surface area contributed by atoms with E-state index >= 15 is 9.59 Å². The molecular weight excluding hydrogens is 737 g/mol. The van der Waals surface area contributed by atoms with E-state index in [9.17, 15) is 15.2 Å². The molecule has 0 radical (unpaired) electrons. The van der Waals surface area contributed by atoms with Gasteiger partial charge >= 0.3 is 0 Å². The van der Waals surface area contributed by atoms with Crippen molar-refractivity contribution in [1.29, 1.82) is 5.26 Å². The fourth-order valence-corrected chi connectivity index (χ4v) is 8.75. The topological polar surface area (TPSA) is 115 Å². The summed E-state index contributed by atoms with van der Waals surface area (Å²) in [5.41, 5.74) is 11.4. The molecule has 2 aromatic heterocycles. The highest BCUT2D eigenvalue weighted by molar-refractivity contribution is 6.13. The van der Waals surface area contributed by atoms with Gasteiger partial charge in [0.25, 0.3) is 11.8 Å². The van der Waals surface area contributed by atoms with E-state index in [1.165, 1.54) is 5.56 Å². The van der Waals surface area contributed by atoms with Gasteiger partial charge in [-0.25, -0.2) is 0 Å². The van der Waals surface area contributed by atoms with Crippen molar-refractivity contribution in [3.05, 3.63) is 159 Å². The predicted molar refractivity (Wildman–Crippen MR) is 229 cm³/mol. The molecule has 0 spiro atoms. The molecule has 8 rings (SSSR count). The van der Waals surface area contributed by atoms with Crippen molar-refractivity contribution in [2.75, 3.05) is 11.4 Å². The van der Waals surface area contributed by atoms with Gasteiger partial charge in [-0.2, -0.15) is 5.26 Å². The molecule has 6 aromatic rings. The number of aromatic nitrogens is 2. The van der Waals surface area contributed by atoms with Crippen LogP contribution >= 0.6 is 0 Å². The van der Waals surface area contributed by atoms with Crippen molar-refractivity contribution in [3.63, 3.8) is 0 Å². The number of benzene rings is 4. The standard InChI is InChI=1S/C49H48N6O4/c1-30-20-40(56)16-17-44(30)55(45-25-39(27-50)51(5)33(45)4)49(59)41-26-46(52(6)32(41)3)42-23-36-18-19-53(47(57)22-34-12-8-7-9-13-34)28-38(36)24-43(42)48(58)54-29-37-15-11-10-14-35(37)21-31(54)2/h7-17,20,23-26,31,56H,18-19,21-22,28-29H2,1-6H3/t31-/m1/s1. The predicted octanol–water partition coefficient (Wildman–Crippen LogP) is 8.23. The van der Waals surface area contributed by atoms with Crippen molar-refractivity contribution in [3.8, 4) is 23.1 Å². The smallest absolute Gasteiger partial charge is 0.264 e. The van der Waals surface area contributed by atoms with Gasteiger partial charge < -0.3 is 24.0 Å². The van der Waals surface area contributed by atoms with Crippen molar-refractivity contribution < 1.29 is 19.5 Å². The number of aromatic hydroxyl groups is 1. The van der Waals surface area contributed by atoms with Crippen LogP contribution in [0.5, 0.6) is 5.75 Å². The fourth-order valence-electron chi connectivity index (χ4n) is 8.75. The van der Waals surface area contributed by atoms with Crippen LogP contribution in [0.4, 0.5) is 11.4 Å². The molecule has 0 unspecified atom stereocenters. The summed E-state index contributed by atoms with van der Waals surface area (Å²) in [5.74, 6) is -0.282. The first kappa shape index (κ1) is 39.0. The van der Waals surface area contributed by atoms with Crippen LogP contribution in [-0.2, 0) is 51.2 Å². The van der Waals surface area contributed by atoms with E-state index in [4.69, 9.17) is 0 Å². The zero-order valence-corrected chi connectivity index (χ0v) is 34.4. The lowest BCUT2D eigenvalue weighted by atomic mass is 9.89. The van der Waals surface area contributed by atoms with E-state index in [-0.39, 0.29) is 29.5 Å². The summed E-state index contributed by atoms with van der Waals surface area (Å²) < 4.78 is 3.73. The number of phenols is 1. The summed E-state index contributed by atoms with van der Waals surface area (Å²) in [5, 5.41) is 20.2. The lowest BCUT2D eigenvalue weighted by Crippen LogP contribution is -2.43. The average Bonchev–Trinajstić information content (AvgIpc) is 3.69. The van der Waals surface area contributed by atoms with Gasteiger partial charge in [0.1, 0.15) is 17.5 Å². The first-order chi connectivity index (χ1) is 28.3. The lowest BCUT2D eigenvalue weighted by molar-refractivity contribution is -0.131. The monoisotopic (exact) mass is 784 g/mol. The SMILES string of the molecule is Cc1cc(O)ccc1N(C(=O)c1cc(-c2cc3c(cc2C(=O)N2Cc4ccccc4C[C@H]2C)CN(C(=O)Cc2ccccc2)CC3)n(C)c1C)c1cc(C#N)n(C)c1C. The Kier molecular flexibility index (Phi) is 10.2. The lowest BCUT2D eigenvalue weighted by Gasteiger charge is -2.36. The van der Waals surface area contributed by atoms with Crippen molar-refractivity contribution in [1.82, 2.24) is 18.9 Å². The number of phenolic OH excluding ortho intramolecular Hbond substituents is 1. The van der Waals surface area contributed by atoms with E-state index in [1.54, 1.807) is 40.8 Å². The van der Waals surface area contributed by atoms with Crippen molar-refractivity contribution in [2.24, 2.45) is 14.1 Å². The number of rotatable bonds is 7. The largest absolute Gasteiger partial charge is 0.508 e. The Morgan fingerprint density at radius 3 is 2.22 bits per heavy atom. The second-order valence-corrected chi connectivity index (χ2v) is 16.0. The fraction of sp³-hybridized carbons (Fsp3) is 0.265. The second-order valence-electron chi connectivity index (χ2n) is 16.0. The van der Waals surface area contributed by atoms with Crippen LogP contribution in [0.15, 0.2) is 97.1 Å². The highest BCUT2D eigenvalue weighted by Gasteiger charge is 2.34. The molecule has 2 aliphatic heterocycles. The number of amides is 3. The molecule has 2 aliphatic rings. The van der Waals surface area contributed by atoms with Gasteiger partial charge in [0.2, 0.25) is 5.91 Å². The quantitative estimate of drug-likeness (QED) is 0.175. The maximum Gasteiger partial charge on any atom is 0.264 e. The number of hydrogen-bond donors (Lipinski definition) is 1. The van der Waals surface area contributed by atoms with Crippen LogP contribution < -0.4 is 4.90 Å². The van der Waals surface area contributed by atoms with Gasteiger partial charge in [-0.15, -0.1) is 0 Å². The first-order valence-electron chi connectivity index (χ1n) is 20.1. The minimum absolute atomic E-state index is 0.0465. The minimum Gasteiger partial charge on any atom is -0.508 e. The molecule has 0 aliphatic carbocycles. The third-order valence-corrected chi connectivity index (χ3v) is 12.4. The summed E-state index contributed by atoms with van der Waals surface area (Å²) in [4.78, 5) is 49.2. The second kappa shape index (κ2) is 15.5. The van der Waals surface area contributed by atoms with E-state index in [0.29, 0.717) is 71.9 Å². The van der Waals surface area contributed by atoms with Gasteiger partial charge in [0.15, 0.2) is 0 Å². The number of fused-ring (bicyclic) bond motifs is 2. The van der Waals surface area contributed by atoms with E-state index in [0.717, 1.165) is 45.6 Å². The molecule has 3 amide bonds. The van der Waals surface area contributed by atoms with Gasteiger partial charge in [-0.1, -0.05) is 54.6 Å². The molecule has 1 N–H and O–H groups in total. The zero-order valence-electron chi connectivity index (χ0n) is 34.4. The molecule has 10 heteroatoms. The third kappa shape index (κ3) is 7.07. The minimum atomic E-state index is -0.309. The maximum absolute atomic E-state index is 15.1. The number of nitriles is 1. The Balaban J connectivity index is 1.23. The summed E-state index contributed by atoms with van der Waals surface area (Å²) >= 11 is 0. The zero-order chi connectivity index (χ0) is 41.7. The van der Waals surface area contributed by atoms with E-state index in [2.05, 4.69) is 31.2 Å². The molecule has 0 saturated heterocycles. The normalized spacial score (nSPS) is 14.7.